The van der Waals surface area contributed by atoms with Crippen molar-refractivity contribution in [2.75, 3.05) is 23.5 Å². The highest BCUT2D eigenvalue weighted by molar-refractivity contribution is 6.31. The molecular weight excluding hydrogens is 561 g/mol. The summed E-state index contributed by atoms with van der Waals surface area (Å²) in [5, 5.41) is 2.75. The first-order chi connectivity index (χ1) is 19.6. The molecule has 3 aromatic rings. The molecule has 1 unspecified atom stereocenters. The van der Waals surface area contributed by atoms with Crippen LogP contribution < -0.4 is 19.9 Å². The van der Waals surface area contributed by atoms with Crippen LogP contribution in [-0.2, 0) is 14.4 Å². The molecule has 1 aromatic heterocycles. The molecule has 1 saturated heterocycles. The van der Waals surface area contributed by atoms with Gasteiger partial charge in [-0.3, -0.25) is 24.2 Å². The van der Waals surface area contributed by atoms with Crippen LogP contribution in [0.5, 0.6) is 5.75 Å². The summed E-state index contributed by atoms with van der Waals surface area (Å²) in [4.78, 5) is 42.9. The van der Waals surface area contributed by atoms with Crippen LogP contribution in [0.25, 0.3) is 0 Å². The zero-order valence-corrected chi connectivity index (χ0v) is 22.9. The molecule has 1 N–H and O–H groups in total. The number of pyridine rings is 1. The predicted octanol–water partition coefficient (Wildman–Crippen LogP) is 5.31. The first-order valence-corrected chi connectivity index (χ1v) is 13.2. The Bertz CT molecular complexity index is 1380. The summed E-state index contributed by atoms with van der Waals surface area (Å²) in [6.45, 7) is 0.776. The molecule has 2 heterocycles. The number of carbonyl (C=O) groups is 3. The van der Waals surface area contributed by atoms with Gasteiger partial charge in [-0.05, 0) is 42.8 Å². The van der Waals surface area contributed by atoms with Crippen molar-refractivity contribution in [2.45, 2.75) is 43.7 Å². The topological polar surface area (TPSA) is 91.8 Å². The number of halogens is 4. The number of hydrogen-bond donors (Lipinski definition) is 1. The summed E-state index contributed by atoms with van der Waals surface area (Å²) in [6, 6.07) is 13.2. The van der Waals surface area contributed by atoms with Crippen molar-refractivity contribution in [3.05, 3.63) is 83.3 Å². The fourth-order valence-electron chi connectivity index (χ4n) is 4.61. The summed E-state index contributed by atoms with van der Waals surface area (Å²) in [5.41, 5.74) is 0.447. The predicted molar refractivity (Wildman–Crippen MR) is 148 cm³/mol. The van der Waals surface area contributed by atoms with Crippen LogP contribution in [0.3, 0.4) is 0 Å². The Balaban J connectivity index is 0.000000231. The second-order valence-corrected chi connectivity index (χ2v) is 10.00. The van der Waals surface area contributed by atoms with Gasteiger partial charge in [0.05, 0.1) is 13.3 Å². The van der Waals surface area contributed by atoms with Crippen molar-refractivity contribution in [1.82, 2.24) is 10.3 Å². The van der Waals surface area contributed by atoms with Gasteiger partial charge >= 0.3 is 0 Å². The number of ether oxygens (including phenoxy) is 1. The van der Waals surface area contributed by atoms with Gasteiger partial charge in [0.25, 0.3) is 5.92 Å². The first kappa shape index (κ1) is 29.9. The summed E-state index contributed by atoms with van der Waals surface area (Å²) >= 11 is 6.20. The maximum Gasteiger partial charge on any atom is 0.252 e. The molecule has 216 valence electrons. The number of nitrogens with zero attached hydrogens (tertiary/aromatic N) is 3. The van der Waals surface area contributed by atoms with E-state index < -0.39 is 42.6 Å². The minimum atomic E-state index is -2.80. The molecule has 1 saturated carbocycles. The Morgan fingerprint density at radius 2 is 1.95 bits per heavy atom. The number of hydrogen-bond acceptors (Lipinski definition) is 5. The zero-order valence-electron chi connectivity index (χ0n) is 22.1. The van der Waals surface area contributed by atoms with Crippen LogP contribution in [0.2, 0.25) is 5.02 Å². The Morgan fingerprint density at radius 1 is 1.20 bits per heavy atom. The molecule has 0 radical (unpaired) electrons. The quantitative estimate of drug-likeness (QED) is 0.360. The third-order valence-corrected chi connectivity index (χ3v) is 7.03. The van der Waals surface area contributed by atoms with E-state index in [4.69, 9.17) is 16.3 Å². The van der Waals surface area contributed by atoms with E-state index in [-0.39, 0.29) is 16.6 Å². The molecule has 8 nitrogen and oxygen atoms in total. The van der Waals surface area contributed by atoms with Crippen LogP contribution in [0, 0.1) is 5.82 Å². The van der Waals surface area contributed by atoms with Crippen LogP contribution >= 0.6 is 11.6 Å². The van der Waals surface area contributed by atoms with Crippen molar-refractivity contribution in [3.8, 4) is 5.75 Å². The molecule has 2 aromatic carbocycles. The highest BCUT2D eigenvalue weighted by Gasteiger charge is 2.47. The first-order valence-electron chi connectivity index (χ1n) is 12.8. The molecule has 1 aliphatic heterocycles. The van der Waals surface area contributed by atoms with Crippen molar-refractivity contribution in [3.63, 3.8) is 0 Å². The Kier molecular flexibility index (Phi) is 9.49. The summed E-state index contributed by atoms with van der Waals surface area (Å²) < 4.78 is 44.8. The average molecular weight is 589 g/mol. The van der Waals surface area contributed by atoms with E-state index in [0.717, 1.165) is 23.9 Å². The number of aromatic nitrogens is 1. The molecule has 41 heavy (non-hydrogen) atoms. The molecule has 5 rings (SSSR count). The van der Waals surface area contributed by atoms with Crippen molar-refractivity contribution < 1.29 is 32.3 Å². The number of amides is 3. The molecule has 12 heteroatoms. The van der Waals surface area contributed by atoms with Crippen LogP contribution in [-0.4, -0.2) is 48.8 Å². The Labute approximate surface area is 240 Å². The minimum Gasteiger partial charge on any atom is -0.495 e. The second kappa shape index (κ2) is 13.0. The number of carbonyl (C=O) groups excluding carboxylic acids is 3. The molecule has 0 spiro atoms. The zero-order chi connectivity index (χ0) is 29.6. The van der Waals surface area contributed by atoms with E-state index in [2.05, 4.69) is 10.3 Å². The maximum absolute atomic E-state index is 13.6. The van der Waals surface area contributed by atoms with Crippen LogP contribution in [0.1, 0.15) is 37.3 Å². The molecule has 3 amide bonds. The monoisotopic (exact) mass is 588 g/mol. The van der Waals surface area contributed by atoms with Crippen molar-refractivity contribution >= 4 is 41.3 Å². The third-order valence-electron chi connectivity index (χ3n) is 6.69. The van der Waals surface area contributed by atoms with E-state index >= 15 is 0 Å². The van der Waals surface area contributed by atoms with E-state index in [0.29, 0.717) is 30.0 Å². The van der Waals surface area contributed by atoms with E-state index in [1.54, 1.807) is 42.5 Å². The molecule has 2 aliphatic rings. The third kappa shape index (κ3) is 7.35. The van der Waals surface area contributed by atoms with E-state index in [1.165, 1.54) is 18.2 Å². The lowest BCUT2D eigenvalue weighted by Gasteiger charge is -2.37. The van der Waals surface area contributed by atoms with Gasteiger partial charge in [0, 0.05) is 48.1 Å². The van der Waals surface area contributed by atoms with Gasteiger partial charge in [-0.2, -0.15) is 0 Å². The van der Waals surface area contributed by atoms with Crippen LogP contribution in [0.15, 0.2) is 66.9 Å². The lowest BCUT2D eigenvalue weighted by Crippen LogP contribution is -2.53. The molecular formula is C29H28ClF3N4O4. The number of nitrogens with one attached hydrogen (secondary N) is 1. The van der Waals surface area contributed by atoms with Crippen molar-refractivity contribution in [2.24, 2.45) is 0 Å². The van der Waals surface area contributed by atoms with Gasteiger partial charge in [0.15, 0.2) is 0 Å². The number of alkyl halides is 2. The molecule has 2 fully saturated rings. The lowest BCUT2D eigenvalue weighted by molar-refractivity contribution is -0.131. The maximum atomic E-state index is 13.6. The van der Waals surface area contributed by atoms with Gasteiger partial charge in [-0.25, -0.2) is 18.2 Å². The van der Waals surface area contributed by atoms with Crippen molar-refractivity contribution in [1.29, 1.82) is 0 Å². The number of methoxy groups -OCH3 is 1. The highest BCUT2D eigenvalue weighted by atomic mass is 35.5. The molecule has 1 atom stereocenters. The standard InChI is InChI=1S/C19H16ClF3N2O2.C10H12N2O2/c20-16-7-2-1-6-15(16)17(18(27)24-13-9-19(22,23)10-13)25(11-26)14-5-3-4-12(21)8-14;1-14-8-4-5-9(11-7-8)12-6-2-3-10(12)13/h1-8,11,13,17H,9-10H2,(H,24,27);4-5,7H,2-3,6H2,1H3. The fourth-order valence-corrected chi connectivity index (χ4v) is 4.85. The Hall–Kier alpha value is -4.12. The SMILES string of the molecule is COc1ccc(N2CCCC2=O)nc1.O=CN(c1cccc(F)c1)C(C(=O)NC1CC(F)(F)C1)c1ccccc1Cl. The smallest absolute Gasteiger partial charge is 0.252 e. The van der Waals surface area contributed by atoms with Gasteiger partial charge in [0.1, 0.15) is 23.4 Å². The summed E-state index contributed by atoms with van der Waals surface area (Å²) in [5.74, 6) is -2.47. The lowest BCUT2D eigenvalue weighted by atomic mass is 9.87. The Morgan fingerprint density at radius 3 is 2.51 bits per heavy atom. The number of benzene rings is 2. The molecule has 0 bridgehead atoms. The summed E-state index contributed by atoms with van der Waals surface area (Å²) in [7, 11) is 1.59. The highest BCUT2D eigenvalue weighted by Crippen LogP contribution is 2.38. The average Bonchev–Trinajstić information content (AvgIpc) is 3.37. The van der Waals surface area contributed by atoms with E-state index in [1.807, 2.05) is 12.1 Å². The largest absolute Gasteiger partial charge is 0.495 e. The summed E-state index contributed by atoms with van der Waals surface area (Å²) in [6.07, 6.45) is 2.64. The van der Waals surface area contributed by atoms with Crippen LogP contribution in [0.4, 0.5) is 24.7 Å². The van der Waals surface area contributed by atoms with Gasteiger partial charge in [0.2, 0.25) is 18.2 Å². The van der Waals surface area contributed by atoms with E-state index in [9.17, 15) is 27.6 Å². The molecule has 1 aliphatic carbocycles. The fraction of sp³-hybridized carbons (Fsp3) is 0.310. The van der Waals surface area contributed by atoms with Gasteiger partial charge in [-0.1, -0.05) is 35.9 Å². The number of anilines is 2. The number of rotatable bonds is 8. The second-order valence-electron chi connectivity index (χ2n) is 9.59. The normalized spacial score (nSPS) is 16.6. The van der Waals surface area contributed by atoms with Gasteiger partial charge in [-0.15, -0.1) is 0 Å². The van der Waals surface area contributed by atoms with Gasteiger partial charge < -0.3 is 10.1 Å². The minimum absolute atomic E-state index is 0.143.